The molecule has 0 bridgehead atoms. The average molecular weight is 405 g/mol. The maximum Gasteiger partial charge on any atom is 0.150 e. The number of aldehydes is 1. The van der Waals surface area contributed by atoms with Crippen molar-refractivity contribution in [3.8, 4) is 0 Å². The smallest absolute Gasteiger partial charge is 0.150 e. The fraction of sp³-hybridized carbons (Fsp3) is 0.519. The average Bonchev–Trinajstić information content (AvgIpc) is 2.80. The Morgan fingerprint density at radius 3 is 2.20 bits per heavy atom. The Kier molecular flexibility index (Phi) is 6.58. The van der Waals surface area contributed by atoms with E-state index in [2.05, 4.69) is 54.0 Å². The van der Waals surface area contributed by atoms with E-state index in [4.69, 9.17) is 0 Å². The van der Waals surface area contributed by atoms with Crippen LogP contribution in [-0.4, -0.2) is 37.4 Å². The summed E-state index contributed by atoms with van der Waals surface area (Å²) in [6.45, 7) is 10.7. The lowest BCUT2D eigenvalue weighted by Gasteiger charge is -2.40. The largest absolute Gasteiger partial charge is 0.369 e. The van der Waals surface area contributed by atoms with Crippen molar-refractivity contribution >= 4 is 12.0 Å². The van der Waals surface area contributed by atoms with Crippen LogP contribution >= 0.6 is 0 Å². The standard InChI is InChI=1S/C27H36N2O/c1-20-18-27(21(2)17-26(20)19-30)29-15-13-28(14-16-29)22(3)23-9-11-25(12-10-23)24-7-5-4-6-8-24/h9-12,17-19,22,24H,4-8,13-16H2,1-3H3/t22-/m0/s1. The molecule has 1 saturated carbocycles. The molecule has 1 aliphatic carbocycles. The summed E-state index contributed by atoms with van der Waals surface area (Å²) >= 11 is 0. The highest BCUT2D eigenvalue weighted by Crippen LogP contribution is 2.34. The van der Waals surface area contributed by atoms with Gasteiger partial charge in [0.05, 0.1) is 0 Å². The van der Waals surface area contributed by atoms with Crippen molar-refractivity contribution in [2.45, 2.75) is 64.8 Å². The van der Waals surface area contributed by atoms with Gasteiger partial charge in [0, 0.05) is 43.5 Å². The Bertz CT molecular complexity index is 859. The first-order chi connectivity index (χ1) is 14.6. The number of hydrogen-bond acceptors (Lipinski definition) is 3. The fourth-order valence-corrected chi connectivity index (χ4v) is 5.33. The van der Waals surface area contributed by atoms with Crippen LogP contribution in [0.15, 0.2) is 36.4 Å². The topological polar surface area (TPSA) is 23.6 Å². The van der Waals surface area contributed by atoms with Crippen LogP contribution in [0.3, 0.4) is 0 Å². The minimum absolute atomic E-state index is 0.452. The van der Waals surface area contributed by atoms with Crippen LogP contribution in [0, 0.1) is 13.8 Å². The third-order valence-corrected chi connectivity index (χ3v) is 7.41. The van der Waals surface area contributed by atoms with Gasteiger partial charge in [0.25, 0.3) is 0 Å². The Labute approximate surface area is 182 Å². The fourth-order valence-electron chi connectivity index (χ4n) is 5.33. The van der Waals surface area contributed by atoms with E-state index in [0.717, 1.165) is 49.5 Å². The third kappa shape index (κ3) is 4.46. The van der Waals surface area contributed by atoms with Crippen molar-refractivity contribution in [3.63, 3.8) is 0 Å². The first-order valence-electron chi connectivity index (χ1n) is 11.7. The first-order valence-corrected chi connectivity index (χ1v) is 11.7. The summed E-state index contributed by atoms with van der Waals surface area (Å²) in [5.74, 6) is 0.781. The molecule has 1 atom stereocenters. The van der Waals surface area contributed by atoms with Crippen molar-refractivity contribution in [1.82, 2.24) is 4.90 Å². The summed E-state index contributed by atoms with van der Waals surface area (Å²) in [6, 6.07) is 14.2. The molecule has 4 rings (SSSR count). The minimum atomic E-state index is 0.452. The third-order valence-electron chi connectivity index (χ3n) is 7.41. The van der Waals surface area contributed by atoms with Crippen LogP contribution in [0.5, 0.6) is 0 Å². The number of hydrogen-bond donors (Lipinski definition) is 0. The van der Waals surface area contributed by atoms with Gasteiger partial charge in [0.15, 0.2) is 0 Å². The van der Waals surface area contributed by atoms with Gasteiger partial charge in [-0.05, 0) is 73.9 Å². The molecule has 0 N–H and O–H groups in total. The monoisotopic (exact) mass is 404 g/mol. The van der Waals surface area contributed by atoms with Gasteiger partial charge < -0.3 is 4.90 Å². The van der Waals surface area contributed by atoms with Gasteiger partial charge in [-0.1, -0.05) is 43.5 Å². The molecule has 3 nitrogen and oxygen atoms in total. The molecular weight excluding hydrogens is 368 g/mol. The summed E-state index contributed by atoms with van der Waals surface area (Å²) in [7, 11) is 0. The molecule has 1 heterocycles. The number of anilines is 1. The zero-order chi connectivity index (χ0) is 21.1. The van der Waals surface area contributed by atoms with Crippen LogP contribution in [0.25, 0.3) is 0 Å². The predicted octanol–water partition coefficient (Wildman–Crippen LogP) is 6.05. The van der Waals surface area contributed by atoms with E-state index < -0.39 is 0 Å². The summed E-state index contributed by atoms with van der Waals surface area (Å²) in [6.07, 6.45) is 7.89. The molecule has 0 radical (unpaired) electrons. The summed E-state index contributed by atoms with van der Waals surface area (Å²) in [4.78, 5) is 16.3. The highest BCUT2D eigenvalue weighted by molar-refractivity contribution is 5.79. The van der Waals surface area contributed by atoms with Gasteiger partial charge in [-0.3, -0.25) is 9.69 Å². The van der Waals surface area contributed by atoms with Gasteiger partial charge in [-0.15, -0.1) is 0 Å². The SMILES string of the molecule is Cc1cc(N2CCN([C@@H](C)c3ccc(C4CCCCC4)cc3)CC2)c(C)cc1C=O. The van der Waals surface area contributed by atoms with E-state index in [0.29, 0.717) is 6.04 Å². The van der Waals surface area contributed by atoms with E-state index in [1.807, 2.05) is 13.0 Å². The molecule has 30 heavy (non-hydrogen) atoms. The molecule has 2 aromatic carbocycles. The van der Waals surface area contributed by atoms with Crippen molar-refractivity contribution in [3.05, 3.63) is 64.2 Å². The van der Waals surface area contributed by atoms with E-state index >= 15 is 0 Å². The van der Waals surface area contributed by atoms with Gasteiger partial charge in [-0.2, -0.15) is 0 Å². The van der Waals surface area contributed by atoms with Gasteiger partial charge in [0.1, 0.15) is 6.29 Å². The Morgan fingerprint density at radius 1 is 0.900 bits per heavy atom. The Balaban J connectivity index is 1.38. The molecule has 160 valence electrons. The molecule has 2 aromatic rings. The normalized spacial score (nSPS) is 19.6. The molecule has 0 amide bonds. The highest BCUT2D eigenvalue weighted by Gasteiger charge is 2.24. The molecule has 0 unspecified atom stereocenters. The quantitative estimate of drug-likeness (QED) is 0.567. The van der Waals surface area contributed by atoms with E-state index in [1.165, 1.54) is 48.9 Å². The van der Waals surface area contributed by atoms with Crippen molar-refractivity contribution in [2.75, 3.05) is 31.1 Å². The maximum atomic E-state index is 11.2. The molecule has 2 aliphatic rings. The Hall–Kier alpha value is -2.13. The van der Waals surface area contributed by atoms with Crippen LogP contribution in [-0.2, 0) is 0 Å². The lowest BCUT2D eigenvalue weighted by molar-refractivity contribution is 0.112. The Morgan fingerprint density at radius 2 is 1.57 bits per heavy atom. The molecule has 1 aliphatic heterocycles. The van der Waals surface area contributed by atoms with Gasteiger partial charge in [-0.25, -0.2) is 0 Å². The second-order valence-corrected chi connectivity index (χ2v) is 9.31. The molecule has 3 heteroatoms. The lowest BCUT2D eigenvalue weighted by Crippen LogP contribution is -2.47. The minimum Gasteiger partial charge on any atom is -0.369 e. The predicted molar refractivity (Wildman–Crippen MR) is 126 cm³/mol. The molecule has 1 saturated heterocycles. The van der Waals surface area contributed by atoms with Crippen molar-refractivity contribution < 1.29 is 4.79 Å². The molecular formula is C27H36N2O. The van der Waals surface area contributed by atoms with Crippen molar-refractivity contribution in [1.29, 1.82) is 0 Å². The summed E-state index contributed by atoms with van der Waals surface area (Å²) in [5, 5.41) is 0. The number of piperazine rings is 1. The zero-order valence-corrected chi connectivity index (χ0v) is 18.9. The second kappa shape index (κ2) is 9.34. The van der Waals surface area contributed by atoms with Crippen LogP contribution in [0.4, 0.5) is 5.69 Å². The van der Waals surface area contributed by atoms with E-state index in [1.54, 1.807) is 5.56 Å². The summed E-state index contributed by atoms with van der Waals surface area (Å²) < 4.78 is 0. The number of rotatable bonds is 5. The summed E-state index contributed by atoms with van der Waals surface area (Å²) in [5.41, 5.74) is 7.33. The number of nitrogens with zero attached hydrogens (tertiary/aromatic N) is 2. The van der Waals surface area contributed by atoms with E-state index in [-0.39, 0.29) is 0 Å². The number of carbonyl (C=O) groups is 1. The number of aryl methyl sites for hydroxylation is 2. The van der Waals surface area contributed by atoms with Gasteiger partial charge >= 0.3 is 0 Å². The zero-order valence-electron chi connectivity index (χ0n) is 18.9. The van der Waals surface area contributed by atoms with E-state index in [9.17, 15) is 4.79 Å². The van der Waals surface area contributed by atoms with Gasteiger partial charge in [0.2, 0.25) is 0 Å². The highest BCUT2D eigenvalue weighted by atomic mass is 16.1. The maximum absolute atomic E-state index is 11.2. The molecule has 0 spiro atoms. The number of benzene rings is 2. The van der Waals surface area contributed by atoms with Crippen molar-refractivity contribution in [2.24, 2.45) is 0 Å². The number of carbonyl (C=O) groups excluding carboxylic acids is 1. The van der Waals surface area contributed by atoms with Crippen LogP contribution < -0.4 is 4.90 Å². The second-order valence-electron chi connectivity index (χ2n) is 9.31. The van der Waals surface area contributed by atoms with Crippen LogP contribution in [0.2, 0.25) is 0 Å². The van der Waals surface area contributed by atoms with Crippen LogP contribution in [0.1, 0.15) is 83.6 Å². The first kappa shape index (κ1) is 21.1. The molecule has 2 fully saturated rings. The lowest BCUT2D eigenvalue weighted by atomic mass is 9.83. The molecule has 0 aromatic heterocycles.